The Kier molecular flexibility index (Phi) is 7.80. The van der Waals surface area contributed by atoms with Crippen molar-refractivity contribution in [2.45, 2.75) is 82.9 Å². The molecule has 2 aliphatic heterocycles. The summed E-state index contributed by atoms with van der Waals surface area (Å²) in [6, 6.07) is 32.0. The van der Waals surface area contributed by atoms with E-state index >= 15 is 0 Å². The minimum atomic E-state index is -0.817. The maximum absolute atomic E-state index is 11.5. The van der Waals surface area contributed by atoms with Crippen LogP contribution in [0.25, 0.3) is 0 Å². The van der Waals surface area contributed by atoms with Crippen LogP contribution in [0, 0.1) is 17.8 Å². The van der Waals surface area contributed by atoms with Gasteiger partial charge in [-0.3, -0.25) is 0 Å². The van der Waals surface area contributed by atoms with E-state index in [4.69, 9.17) is 9.47 Å². The topological polar surface area (TPSA) is 38.7 Å². The zero-order valence-corrected chi connectivity index (χ0v) is 24.9. The summed E-state index contributed by atoms with van der Waals surface area (Å²) in [5.74, 6) is 0.554. The lowest BCUT2D eigenvalue weighted by atomic mass is 9.63. The molecule has 0 spiro atoms. The highest BCUT2D eigenvalue weighted by Crippen LogP contribution is 2.54. The van der Waals surface area contributed by atoms with Crippen LogP contribution in [0.2, 0.25) is 0 Å². The Morgan fingerprint density at radius 2 is 1.32 bits per heavy atom. The lowest BCUT2D eigenvalue weighted by Crippen LogP contribution is -2.49. The van der Waals surface area contributed by atoms with E-state index in [1.54, 1.807) is 0 Å². The number of fused-ring (bicyclic) bond motifs is 5. The third-order valence-electron chi connectivity index (χ3n) is 9.82. The standard InChI is InChI=1S/C38H44O3/c1-26-15-14-22-32(36-35-31(37(3,4)39)24-23-27(2)34(35)33(25-26)40-36)41-38(28-16-8-5-9-17-28,29-18-10-6-11-19-29)30-20-12-7-13-21-30/h5-13,15-21,23,31-36,39H,14,22,24-25H2,1-4H3/b26-15+/t31-,32+,33+,34+,35+,36-/m0/s1. The van der Waals surface area contributed by atoms with E-state index in [-0.39, 0.29) is 36.1 Å². The quantitative estimate of drug-likeness (QED) is 0.249. The Hall–Kier alpha value is -2.98. The van der Waals surface area contributed by atoms with Crippen molar-refractivity contribution in [1.29, 1.82) is 0 Å². The van der Waals surface area contributed by atoms with Crippen molar-refractivity contribution >= 4 is 0 Å². The summed E-state index contributed by atoms with van der Waals surface area (Å²) in [4.78, 5) is 0. The maximum atomic E-state index is 11.5. The molecule has 1 N–H and O–H groups in total. The third kappa shape index (κ3) is 5.25. The van der Waals surface area contributed by atoms with E-state index in [9.17, 15) is 5.11 Å². The van der Waals surface area contributed by atoms with Gasteiger partial charge in [-0.15, -0.1) is 0 Å². The van der Waals surface area contributed by atoms with Crippen LogP contribution in [0.4, 0.5) is 0 Å². The largest absolute Gasteiger partial charge is 0.390 e. The van der Waals surface area contributed by atoms with E-state index in [2.05, 4.69) is 117 Å². The van der Waals surface area contributed by atoms with E-state index in [0.717, 1.165) is 42.4 Å². The van der Waals surface area contributed by atoms with Gasteiger partial charge < -0.3 is 14.6 Å². The second kappa shape index (κ2) is 11.4. The number of benzene rings is 3. The fourth-order valence-electron chi connectivity index (χ4n) is 7.92. The van der Waals surface area contributed by atoms with Gasteiger partial charge in [-0.1, -0.05) is 114 Å². The molecule has 6 atom stereocenters. The highest BCUT2D eigenvalue weighted by atomic mass is 16.6. The Labute approximate surface area is 245 Å². The smallest absolute Gasteiger partial charge is 0.144 e. The van der Waals surface area contributed by atoms with Crippen molar-refractivity contribution in [3.05, 3.63) is 131 Å². The first-order valence-electron chi connectivity index (χ1n) is 15.3. The normalized spacial score (nSPS) is 29.8. The summed E-state index contributed by atoms with van der Waals surface area (Å²) in [7, 11) is 0. The third-order valence-corrected chi connectivity index (χ3v) is 9.82. The monoisotopic (exact) mass is 548 g/mol. The summed E-state index contributed by atoms with van der Waals surface area (Å²) in [6.45, 7) is 8.45. The van der Waals surface area contributed by atoms with Gasteiger partial charge in [0.1, 0.15) is 5.60 Å². The molecular formula is C38H44O3. The molecule has 2 bridgehead atoms. The molecule has 0 amide bonds. The average molecular weight is 549 g/mol. The van der Waals surface area contributed by atoms with Crippen molar-refractivity contribution < 1.29 is 14.6 Å². The first-order valence-corrected chi connectivity index (χ1v) is 15.3. The number of ether oxygens (including phenoxy) is 2. The van der Waals surface area contributed by atoms with E-state index in [1.165, 1.54) is 11.1 Å². The number of hydrogen-bond donors (Lipinski definition) is 1. The van der Waals surface area contributed by atoms with Gasteiger partial charge in [-0.25, -0.2) is 0 Å². The molecule has 1 saturated heterocycles. The molecule has 0 aromatic heterocycles. The molecule has 3 heteroatoms. The molecule has 3 aliphatic rings. The van der Waals surface area contributed by atoms with Crippen LogP contribution in [-0.2, 0) is 15.1 Å². The van der Waals surface area contributed by atoms with Gasteiger partial charge in [0.25, 0.3) is 0 Å². The molecule has 3 nitrogen and oxygen atoms in total. The highest BCUT2D eigenvalue weighted by molar-refractivity contribution is 5.47. The molecule has 3 aromatic carbocycles. The van der Waals surface area contributed by atoms with Gasteiger partial charge in [0.15, 0.2) is 0 Å². The molecule has 0 radical (unpaired) electrons. The lowest BCUT2D eigenvalue weighted by molar-refractivity contribution is -0.140. The predicted octanol–water partition coefficient (Wildman–Crippen LogP) is 8.23. The number of rotatable bonds is 6. The van der Waals surface area contributed by atoms with E-state index in [0.29, 0.717) is 0 Å². The van der Waals surface area contributed by atoms with Crippen molar-refractivity contribution in [3.63, 3.8) is 0 Å². The second-order valence-electron chi connectivity index (χ2n) is 13.0. The number of allylic oxidation sites excluding steroid dienone is 2. The molecular weight excluding hydrogens is 504 g/mol. The molecule has 3 aromatic rings. The van der Waals surface area contributed by atoms with E-state index < -0.39 is 11.2 Å². The van der Waals surface area contributed by atoms with Gasteiger partial charge in [0.2, 0.25) is 0 Å². The summed E-state index contributed by atoms with van der Waals surface area (Å²) in [5, 5.41) is 11.5. The Balaban J connectivity index is 1.53. The van der Waals surface area contributed by atoms with Crippen LogP contribution in [0.3, 0.4) is 0 Å². The fourth-order valence-corrected chi connectivity index (χ4v) is 7.92. The minimum absolute atomic E-state index is 0.0893. The summed E-state index contributed by atoms with van der Waals surface area (Å²) < 4.78 is 14.8. The molecule has 41 heavy (non-hydrogen) atoms. The first-order chi connectivity index (χ1) is 19.8. The van der Waals surface area contributed by atoms with E-state index in [1.807, 2.05) is 13.8 Å². The van der Waals surface area contributed by atoms with Crippen LogP contribution in [-0.4, -0.2) is 29.0 Å². The predicted molar refractivity (Wildman–Crippen MR) is 165 cm³/mol. The molecule has 1 aliphatic carbocycles. The van der Waals surface area contributed by atoms with Crippen molar-refractivity contribution in [2.75, 3.05) is 0 Å². The zero-order valence-electron chi connectivity index (χ0n) is 24.9. The Morgan fingerprint density at radius 1 is 0.780 bits per heavy atom. The molecule has 2 heterocycles. The maximum Gasteiger partial charge on any atom is 0.144 e. The van der Waals surface area contributed by atoms with Gasteiger partial charge in [0, 0.05) is 11.8 Å². The van der Waals surface area contributed by atoms with Gasteiger partial charge in [-0.05, 0) is 76.0 Å². The Bertz CT molecular complexity index is 1270. The molecule has 0 saturated carbocycles. The molecule has 214 valence electrons. The molecule has 1 fully saturated rings. The summed E-state index contributed by atoms with van der Waals surface area (Å²) in [5.41, 5.74) is 4.47. The zero-order chi connectivity index (χ0) is 28.6. The summed E-state index contributed by atoms with van der Waals surface area (Å²) in [6.07, 6.45) is 8.12. The fraction of sp³-hybridized carbons (Fsp3) is 0.421. The molecule has 0 unspecified atom stereocenters. The van der Waals surface area contributed by atoms with Gasteiger partial charge >= 0.3 is 0 Å². The van der Waals surface area contributed by atoms with Crippen LogP contribution >= 0.6 is 0 Å². The SMILES string of the molecule is CC1=CC[C@H](C(C)(C)O)[C@H]2[C@H]3O[C@H](C/C(C)=C/CC[C@H]3OC(c3ccccc3)(c3ccccc3)c3ccccc3)[C@@H]12. The second-order valence-corrected chi connectivity index (χ2v) is 13.0. The van der Waals surface area contributed by atoms with Crippen LogP contribution in [0.5, 0.6) is 0 Å². The van der Waals surface area contributed by atoms with Gasteiger partial charge in [-0.2, -0.15) is 0 Å². The minimum Gasteiger partial charge on any atom is -0.390 e. The number of aliphatic hydroxyl groups is 1. The average Bonchev–Trinajstić information content (AvgIpc) is 3.38. The van der Waals surface area contributed by atoms with Gasteiger partial charge in [0.05, 0.1) is 23.9 Å². The number of hydrogen-bond acceptors (Lipinski definition) is 3. The highest BCUT2D eigenvalue weighted by Gasteiger charge is 2.56. The van der Waals surface area contributed by atoms with Crippen molar-refractivity contribution in [2.24, 2.45) is 17.8 Å². The van der Waals surface area contributed by atoms with Crippen molar-refractivity contribution in [1.82, 2.24) is 0 Å². The molecule has 6 rings (SSSR count). The van der Waals surface area contributed by atoms with Crippen LogP contribution < -0.4 is 0 Å². The summed E-state index contributed by atoms with van der Waals surface area (Å²) >= 11 is 0. The van der Waals surface area contributed by atoms with Crippen LogP contribution in [0.1, 0.15) is 70.1 Å². The van der Waals surface area contributed by atoms with Crippen LogP contribution in [0.15, 0.2) is 114 Å². The first kappa shape index (κ1) is 28.2. The van der Waals surface area contributed by atoms with Crippen molar-refractivity contribution in [3.8, 4) is 0 Å². The Morgan fingerprint density at radius 3 is 1.83 bits per heavy atom. The lowest BCUT2D eigenvalue weighted by Gasteiger charge is -2.45.